The molecule has 0 aromatic heterocycles. The van der Waals surface area contributed by atoms with Crippen molar-refractivity contribution in [3.63, 3.8) is 0 Å². The molecule has 150 valence electrons. The third-order valence-electron chi connectivity index (χ3n) is 4.04. The van der Waals surface area contributed by atoms with E-state index in [1.807, 2.05) is 25.1 Å². The zero-order valence-electron chi connectivity index (χ0n) is 16.2. The molecule has 0 radical (unpaired) electrons. The van der Waals surface area contributed by atoms with Gasteiger partial charge in [-0.15, -0.1) is 0 Å². The fourth-order valence-electron chi connectivity index (χ4n) is 2.38. The van der Waals surface area contributed by atoms with E-state index in [-0.39, 0.29) is 11.4 Å². The van der Waals surface area contributed by atoms with Crippen molar-refractivity contribution in [2.45, 2.75) is 31.6 Å². The quantitative estimate of drug-likeness (QED) is 0.628. The molecule has 28 heavy (non-hydrogen) atoms. The number of anilines is 1. The maximum atomic E-state index is 12.1. The third kappa shape index (κ3) is 6.47. The summed E-state index contributed by atoms with van der Waals surface area (Å²) in [5.74, 6) is -0.657. The summed E-state index contributed by atoms with van der Waals surface area (Å²) in [6.07, 6.45) is 0. The Bertz CT molecular complexity index is 938. The Morgan fingerprint density at radius 3 is 2.29 bits per heavy atom. The summed E-state index contributed by atoms with van der Waals surface area (Å²) in [7, 11) is -3.78. The Balaban J connectivity index is 1.81. The number of carbonyl (C=O) groups is 2. The predicted octanol–water partition coefficient (Wildman–Crippen LogP) is 2.15. The fraction of sp³-hybridized carbons (Fsp3) is 0.300. The van der Waals surface area contributed by atoms with Crippen molar-refractivity contribution < 1.29 is 18.0 Å². The van der Waals surface area contributed by atoms with E-state index in [4.69, 9.17) is 0 Å². The van der Waals surface area contributed by atoms with Crippen molar-refractivity contribution in [2.75, 3.05) is 18.4 Å². The first kappa shape index (κ1) is 21.6. The van der Waals surface area contributed by atoms with Gasteiger partial charge in [0, 0.05) is 5.69 Å². The zero-order chi connectivity index (χ0) is 20.7. The first-order chi connectivity index (χ1) is 13.2. The number of hydrogen-bond donors (Lipinski definition) is 3. The molecule has 0 unspecified atom stereocenters. The minimum Gasteiger partial charge on any atom is -0.346 e. The summed E-state index contributed by atoms with van der Waals surface area (Å²) in [5.41, 5.74) is 2.67. The Hall–Kier alpha value is -2.71. The molecule has 0 saturated heterocycles. The van der Waals surface area contributed by atoms with Crippen molar-refractivity contribution in [3.8, 4) is 0 Å². The molecule has 0 aliphatic carbocycles. The van der Waals surface area contributed by atoms with Gasteiger partial charge in [-0.05, 0) is 42.7 Å². The first-order valence-corrected chi connectivity index (χ1v) is 10.4. The Labute approximate surface area is 165 Å². The van der Waals surface area contributed by atoms with Crippen LogP contribution < -0.4 is 15.4 Å². The number of nitrogens with one attached hydrogen (secondary N) is 3. The molecule has 2 aromatic rings. The van der Waals surface area contributed by atoms with Crippen LogP contribution in [0.2, 0.25) is 0 Å². The lowest BCUT2D eigenvalue weighted by Gasteiger charge is -2.10. The van der Waals surface area contributed by atoms with E-state index in [2.05, 4.69) is 29.2 Å². The van der Waals surface area contributed by atoms with Crippen LogP contribution in [0.4, 0.5) is 5.69 Å². The van der Waals surface area contributed by atoms with E-state index in [9.17, 15) is 18.0 Å². The minimum absolute atomic E-state index is 0.0775. The van der Waals surface area contributed by atoms with Gasteiger partial charge in [-0.3, -0.25) is 9.59 Å². The van der Waals surface area contributed by atoms with Crippen LogP contribution in [0.25, 0.3) is 0 Å². The van der Waals surface area contributed by atoms with Crippen molar-refractivity contribution in [3.05, 3.63) is 59.7 Å². The van der Waals surface area contributed by atoms with Gasteiger partial charge in [0.15, 0.2) is 0 Å². The second-order valence-corrected chi connectivity index (χ2v) is 8.51. The lowest BCUT2D eigenvalue weighted by Crippen LogP contribution is -2.40. The number of amides is 2. The summed E-state index contributed by atoms with van der Waals surface area (Å²) < 4.78 is 26.5. The van der Waals surface area contributed by atoms with Gasteiger partial charge in [-0.25, -0.2) is 13.1 Å². The van der Waals surface area contributed by atoms with Crippen LogP contribution in [0.15, 0.2) is 53.4 Å². The van der Waals surface area contributed by atoms with Gasteiger partial charge in [0.05, 0.1) is 18.0 Å². The lowest BCUT2D eigenvalue weighted by molar-refractivity contribution is -0.123. The average Bonchev–Trinajstić information content (AvgIpc) is 2.65. The highest BCUT2D eigenvalue weighted by Gasteiger charge is 2.15. The molecule has 0 heterocycles. The third-order valence-corrected chi connectivity index (χ3v) is 5.45. The maximum Gasteiger partial charge on any atom is 0.243 e. The van der Waals surface area contributed by atoms with Crippen molar-refractivity contribution >= 4 is 27.5 Å². The highest BCUT2D eigenvalue weighted by Crippen LogP contribution is 2.18. The summed E-state index contributed by atoms with van der Waals surface area (Å²) in [6, 6.07) is 13.7. The number of rotatable bonds is 8. The van der Waals surface area contributed by atoms with E-state index < -0.39 is 28.4 Å². The number of sulfonamides is 1. The second-order valence-electron chi connectivity index (χ2n) is 6.74. The average molecular weight is 404 g/mol. The molecule has 0 spiro atoms. The van der Waals surface area contributed by atoms with Crippen molar-refractivity contribution in [1.82, 2.24) is 10.0 Å². The van der Waals surface area contributed by atoms with E-state index in [0.29, 0.717) is 11.6 Å². The highest BCUT2D eigenvalue weighted by molar-refractivity contribution is 7.89. The first-order valence-electron chi connectivity index (χ1n) is 8.90. The van der Waals surface area contributed by atoms with Crippen LogP contribution in [-0.4, -0.2) is 33.3 Å². The zero-order valence-corrected chi connectivity index (χ0v) is 17.0. The van der Waals surface area contributed by atoms with Crippen LogP contribution in [0, 0.1) is 6.92 Å². The molecule has 0 fully saturated rings. The molecule has 0 saturated carbocycles. The van der Waals surface area contributed by atoms with Crippen LogP contribution in [-0.2, 0) is 19.6 Å². The second kappa shape index (κ2) is 9.48. The van der Waals surface area contributed by atoms with Gasteiger partial charge < -0.3 is 10.6 Å². The smallest absolute Gasteiger partial charge is 0.243 e. The number of aryl methyl sites for hydroxylation is 1. The van der Waals surface area contributed by atoms with Gasteiger partial charge in [-0.2, -0.15) is 0 Å². The summed E-state index contributed by atoms with van der Waals surface area (Å²) in [4.78, 5) is 23.9. The minimum atomic E-state index is -3.78. The van der Waals surface area contributed by atoms with E-state index in [1.54, 1.807) is 18.2 Å². The number of benzene rings is 2. The van der Waals surface area contributed by atoms with E-state index in [0.717, 1.165) is 11.1 Å². The van der Waals surface area contributed by atoms with Gasteiger partial charge in [0.2, 0.25) is 21.8 Å². The van der Waals surface area contributed by atoms with Crippen LogP contribution in [0.3, 0.4) is 0 Å². The molecule has 2 aromatic carbocycles. The summed E-state index contributed by atoms with van der Waals surface area (Å²) in [6.45, 7) is 5.25. The molecule has 3 N–H and O–H groups in total. The predicted molar refractivity (Wildman–Crippen MR) is 109 cm³/mol. The van der Waals surface area contributed by atoms with Crippen molar-refractivity contribution in [1.29, 1.82) is 0 Å². The summed E-state index contributed by atoms with van der Waals surface area (Å²) >= 11 is 0. The molecule has 7 nitrogen and oxygen atoms in total. The monoisotopic (exact) mass is 403 g/mol. The van der Waals surface area contributed by atoms with Gasteiger partial charge in [-0.1, -0.05) is 43.7 Å². The van der Waals surface area contributed by atoms with Gasteiger partial charge in [0.1, 0.15) is 0 Å². The maximum absolute atomic E-state index is 12.1. The molecule has 2 rings (SSSR count). The number of carbonyl (C=O) groups excluding carboxylic acids is 2. The van der Waals surface area contributed by atoms with E-state index in [1.165, 1.54) is 12.1 Å². The Morgan fingerprint density at radius 1 is 0.964 bits per heavy atom. The fourth-order valence-corrected chi connectivity index (χ4v) is 3.37. The topological polar surface area (TPSA) is 104 Å². The molecule has 2 amide bonds. The van der Waals surface area contributed by atoms with Gasteiger partial charge >= 0.3 is 0 Å². The standard InChI is InChI=1S/C20H25N3O4S/c1-14(2)16-5-4-6-17(11-16)23-20(25)12-21-19(24)13-22-28(26,27)18-9-7-15(3)8-10-18/h4-11,14,22H,12-13H2,1-3H3,(H,21,24)(H,23,25). The van der Waals surface area contributed by atoms with Crippen LogP contribution >= 0.6 is 0 Å². The molecular weight excluding hydrogens is 378 g/mol. The lowest BCUT2D eigenvalue weighted by atomic mass is 10.0. The van der Waals surface area contributed by atoms with Crippen LogP contribution in [0.1, 0.15) is 30.9 Å². The van der Waals surface area contributed by atoms with Crippen molar-refractivity contribution in [2.24, 2.45) is 0 Å². The Kier molecular flexibility index (Phi) is 7.31. The molecule has 0 aliphatic heterocycles. The van der Waals surface area contributed by atoms with Gasteiger partial charge in [0.25, 0.3) is 0 Å². The largest absolute Gasteiger partial charge is 0.346 e. The molecule has 0 bridgehead atoms. The SMILES string of the molecule is Cc1ccc(S(=O)(=O)NCC(=O)NCC(=O)Nc2cccc(C(C)C)c2)cc1. The molecule has 0 atom stereocenters. The highest BCUT2D eigenvalue weighted by atomic mass is 32.2. The van der Waals surface area contributed by atoms with Crippen LogP contribution in [0.5, 0.6) is 0 Å². The number of hydrogen-bond acceptors (Lipinski definition) is 4. The molecular formula is C20H25N3O4S. The molecule has 0 aliphatic rings. The summed E-state index contributed by atoms with van der Waals surface area (Å²) in [5, 5.41) is 5.10. The molecule has 8 heteroatoms. The Morgan fingerprint density at radius 2 is 1.64 bits per heavy atom. The van der Waals surface area contributed by atoms with E-state index >= 15 is 0 Å². The normalized spacial score (nSPS) is 11.3.